The predicted octanol–water partition coefficient (Wildman–Crippen LogP) is 3.19. The van der Waals surface area contributed by atoms with E-state index in [9.17, 15) is 9.18 Å². The molecule has 0 bridgehead atoms. The second-order valence-corrected chi connectivity index (χ2v) is 4.40. The summed E-state index contributed by atoms with van der Waals surface area (Å²) in [5.41, 5.74) is 5.93. The number of nitriles is 1. The van der Waals surface area contributed by atoms with Gasteiger partial charge in [0.15, 0.2) is 0 Å². The third-order valence-corrected chi connectivity index (χ3v) is 2.87. The SMILES string of the molecule is N#Cc1c(F)cccc1NC(=O)c1cc(Cl)ccc1N. The molecular weight excluding hydrogens is 281 g/mol. The summed E-state index contributed by atoms with van der Waals surface area (Å²) in [4.78, 5) is 12.1. The van der Waals surface area contributed by atoms with Gasteiger partial charge in [0.1, 0.15) is 17.4 Å². The predicted molar refractivity (Wildman–Crippen MR) is 74.9 cm³/mol. The largest absolute Gasteiger partial charge is 0.398 e. The van der Waals surface area contributed by atoms with Crippen molar-refractivity contribution in [1.29, 1.82) is 5.26 Å². The van der Waals surface area contributed by atoms with Crippen molar-refractivity contribution < 1.29 is 9.18 Å². The van der Waals surface area contributed by atoms with E-state index in [0.717, 1.165) is 6.07 Å². The molecule has 2 aromatic rings. The lowest BCUT2D eigenvalue weighted by molar-refractivity contribution is 0.102. The molecule has 0 aromatic heterocycles. The molecule has 0 unspecified atom stereocenters. The van der Waals surface area contributed by atoms with Crippen LogP contribution in [0.1, 0.15) is 15.9 Å². The number of carbonyl (C=O) groups is 1. The zero-order valence-electron chi connectivity index (χ0n) is 10.2. The topological polar surface area (TPSA) is 78.9 Å². The summed E-state index contributed by atoms with van der Waals surface area (Å²) < 4.78 is 13.4. The van der Waals surface area contributed by atoms with Gasteiger partial charge >= 0.3 is 0 Å². The van der Waals surface area contributed by atoms with Crippen LogP contribution in [0.3, 0.4) is 0 Å². The molecule has 0 atom stereocenters. The molecule has 20 heavy (non-hydrogen) atoms. The number of rotatable bonds is 2. The number of nitrogen functional groups attached to an aromatic ring is 1. The number of benzene rings is 2. The third kappa shape index (κ3) is 2.71. The summed E-state index contributed by atoms with van der Waals surface area (Å²) in [6.45, 7) is 0. The minimum atomic E-state index is -0.704. The van der Waals surface area contributed by atoms with Crippen molar-refractivity contribution in [3.8, 4) is 6.07 Å². The van der Waals surface area contributed by atoms with E-state index in [-0.39, 0.29) is 22.5 Å². The smallest absolute Gasteiger partial charge is 0.257 e. The highest BCUT2D eigenvalue weighted by atomic mass is 35.5. The highest BCUT2D eigenvalue weighted by Gasteiger charge is 2.14. The van der Waals surface area contributed by atoms with Crippen LogP contribution in [0, 0.1) is 17.1 Å². The number of amides is 1. The van der Waals surface area contributed by atoms with E-state index in [1.807, 2.05) is 0 Å². The summed E-state index contributed by atoms with van der Waals surface area (Å²) in [5.74, 6) is -1.27. The number of nitrogens with zero attached hydrogens (tertiary/aromatic N) is 1. The van der Waals surface area contributed by atoms with E-state index in [4.69, 9.17) is 22.6 Å². The summed E-state index contributed by atoms with van der Waals surface area (Å²) >= 11 is 5.80. The fourth-order valence-electron chi connectivity index (χ4n) is 1.66. The molecule has 0 aliphatic heterocycles. The average Bonchev–Trinajstić information content (AvgIpc) is 2.41. The van der Waals surface area contributed by atoms with Crippen LogP contribution >= 0.6 is 11.6 Å². The maximum atomic E-state index is 13.4. The van der Waals surface area contributed by atoms with Crippen molar-refractivity contribution in [1.82, 2.24) is 0 Å². The third-order valence-electron chi connectivity index (χ3n) is 2.63. The zero-order chi connectivity index (χ0) is 14.7. The number of carbonyl (C=O) groups excluding carboxylic acids is 1. The Kier molecular flexibility index (Phi) is 3.87. The Morgan fingerprint density at radius 1 is 1.35 bits per heavy atom. The van der Waals surface area contributed by atoms with Crippen LogP contribution < -0.4 is 11.1 Å². The van der Waals surface area contributed by atoms with Crippen LogP contribution in [0.15, 0.2) is 36.4 Å². The zero-order valence-corrected chi connectivity index (χ0v) is 10.9. The van der Waals surface area contributed by atoms with Crippen LogP contribution in [-0.4, -0.2) is 5.91 Å². The van der Waals surface area contributed by atoms with Gasteiger partial charge in [0.25, 0.3) is 5.91 Å². The fraction of sp³-hybridized carbons (Fsp3) is 0. The second kappa shape index (κ2) is 5.59. The first-order valence-corrected chi connectivity index (χ1v) is 5.95. The molecule has 6 heteroatoms. The highest BCUT2D eigenvalue weighted by Crippen LogP contribution is 2.22. The first kappa shape index (κ1) is 13.8. The van der Waals surface area contributed by atoms with E-state index >= 15 is 0 Å². The van der Waals surface area contributed by atoms with Gasteiger partial charge in [-0.3, -0.25) is 4.79 Å². The molecule has 0 aliphatic carbocycles. The summed E-state index contributed by atoms with van der Waals surface area (Å²) in [5, 5.41) is 11.7. The van der Waals surface area contributed by atoms with Crippen LogP contribution in [0.25, 0.3) is 0 Å². The molecule has 0 saturated carbocycles. The van der Waals surface area contributed by atoms with Gasteiger partial charge in [0.2, 0.25) is 0 Å². The highest BCUT2D eigenvalue weighted by molar-refractivity contribution is 6.31. The Balaban J connectivity index is 2.36. The quantitative estimate of drug-likeness (QED) is 0.833. The monoisotopic (exact) mass is 289 g/mol. The normalized spacial score (nSPS) is 9.85. The summed E-state index contributed by atoms with van der Waals surface area (Å²) in [6, 6.07) is 10.1. The maximum Gasteiger partial charge on any atom is 0.257 e. The van der Waals surface area contributed by atoms with Gasteiger partial charge in [-0.25, -0.2) is 4.39 Å². The van der Waals surface area contributed by atoms with Crippen LogP contribution in [0.5, 0.6) is 0 Å². The molecule has 0 radical (unpaired) electrons. The maximum absolute atomic E-state index is 13.4. The molecule has 0 fully saturated rings. The Bertz CT molecular complexity index is 725. The molecular formula is C14H9ClFN3O. The number of nitrogens with one attached hydrogen (secondary N) is 1. The van der Waals surface area contributed by atoms with Crippen molar-refractivity contribution in [3.63, 3.8) is 0 Å². The lowest BCUT2D eigenvalue weighted by Crippen LogP contribution is -2.15. The number of anilines is 2. The van der Waals surface area contributed by atoms with E-state index in [2.05, 4.69) is 5.32 Å². The van der Waals surface area contributed by atoms with E-state index in [1.165, 1.54) is 24.3 Å². The fourth-order valence-corrected chi connectivity index (χ4v) is 1.83. The molecule has 2 rings (SSSR count). The van der Waals surface area contributed by atoms with Crippen molar-refractivity contribution in [2.24, 2.45) is 0 Å². The minimum Gasteiger partial charge on any atom is -0.398 e. The molecule has 3 N–H and O–H groups in total. The van der Waals surface area contributed by atoms with Crippen LogP contribution in [-0.2, 0) is 0 Å². The molecule has 100 valence electrons. The van der Waals surface area contributed by atoms with E-state index in [0.29, 0.717) is 5.02 Å². The summed E-state index contributed by atoms with van der Waals surface area (Å²) in [7, 11) is 0. The van der Waals surface area contributed by atoms with Crippen molar-refractivity contribution in [2.45, 2.75) is 0 Å². The number of hydrogen-bond donors (Lipinski definition) is 2. The first-order chi connectivity index (χ1) is 9.52. The van der Waals surface area contributed by atoms with Gasteiger partial charge in [-0.05, 0) is 30.3 Å². The van der Waals surface area contributed by atoms with Crippen molar-refractivity contribution in [3.05, 3.63) is 58.4 Å². The molecule has 0 aliphatic rings. The van der Waals surface area contributed by atoms with Crippen LogP contribution in [0.4, 0.5) is 15.8 Å². The number of nitrogens with two attached hydrogens (primary N) is 1. The average molecular weight is 290 g/mol. The number of hydrogen-bond acceptors (Lipinski definition) is 3. The first-order valence-electron chi connectivity index (χ1n) is 5.58. The Labute approximate surface area is 119 Å². The Hall–Kier alpha value is -2.58. The van der Waals surface area contributed by atoms with Crippen LogP contribution in [0.2, 0.25) is 5.02 Å². The molecule has 0 heterocycles. The summed E-state index contributed by atoms with van der Waals surface area (Å²) in [6.07, 6.45) is 0. The number of halogens is 2. The lowest BCUT2D eigenvalue weighted by Gasteiger charge is -2.09. The van der Waals surface area contributed by atoms with Crippen molar-refractivity contribution >= 4 is 28.9 Å². The lowest BCUT2D eigenvalue weighted by atomic mass is 10.1. The van der Waals surface area contributed by atoms with Crippen molar-refractivity contribution in [2.75, 3.05) is 11.1 Å². The van der Waals surface area contributed by atoms with E-state index < -0.39 is 11.7 Å². The standard InChI is InChI=1S/C14H9ClFN3O/c15-8-4-5-12(18)9(6-8)14(20)19-13-3-1-2-11(16)10(13)7-17/h1-6H,18H2,(H,19,20). The molecule has 1 amide bonds. The van der Waals surface area contributed by atoms with Gasteiger partial charge in [-0.15, -0.1) is 0 Å². The van der Waals surface area contributed by atoms with Gasteiger partial charge in [0.05, 0.1) is 11.3 Å². The second-order valence-electron chi connectivity index (χ2n) is 3.96. The van der Waals surface area contributed by atoms with Gasteiger partial charge in [-0.1, -0.05) is 17.7 Å². The van der Waals surface area contributed by atoms with E-state index in [1.54, 1.807) is 12.1 Å². The minimum absolute atomic E-state index is 0.0804. The van der Waals surface area contributed by atoms with Gasteiger partial charge in [-0.2, -0.15) is 5.26 Å². The molecule has 0 spiro atoms. The molecule has 2 aromatic carbocycles. The Morgan fingerprint density at radius 3 is 2.80 bits per heavy atom. The van der Waals surface area contributed by atoms with Gasteiger partial charge < -0.3 is 11.1 Å². The molecule has 4 nitrogen and oxygen atoms in total. The Morgan fingerprint density at radius 2 is 2.10 bits per heavy atom. The molecule has 0 saturated heterocycles. The van der Waals surface area contributed by atoms with Gasteiger partial charge in [0, 0.05) is 10.7 Å².